The van der Waals surface area contributed by atoms with Gasteiger partial charge >= 0.3 is 0 Å². The van der Waals surface area contributed by atoms with E-state index in [4.69, 9.17) is 16.3 Å². The SMILES string of the molecule is COCC1C=NC(Cl)=CC1. The van der Waals surface area contributed by atoms with E-state index in [1.807, 2.05) is 12.3 Å². The minimum atomic E-state index is 0.410. The van der Waals surface area contributed by atoms with E-state index in [9.17, 15) is 0 Å². The highest BCUT2D eigenvalue weighted by atomic mass is 35.5. The maximum atomic E-state index is 5.60. The summed E-state index contributed by atoms with van der Waals surface area (Å²) in [6.45, 7) is 0.726. The molecule has 0 saturated heterocycles. The van der Waals surface area contributed by atoms with Gasteiger partial charge in [-0.2, -0.15) is 0 Å². The van der Waals surface area contributed by atoms with Crippen LogP contribution in [-0.2, 0) is 4.74 Å². The average Bonchev–Trinajstić information content (AvgIpc) is 1.95. The Morgan fingerprint density at radius 3 is 3.20 bits per heavy atom. The maximum Gasteiger partial charge on any atom is 0.124 e. The van der Waals surface area contributed by atoms with E-state index in [1.54, 1.807) is 7.11 Å². The van der Waals surface area contributed by atoms with Crippen LogP contribution < -0.4 is 0 Å². The molecule has 0 N–H and O–H groups in total. The molecule has 0 aromatic heterocycles. The fraction of sp³-hybridized carbons (Fsp3) is 0.571. The van der Waals surface area contributed by atoms with Gasteiger partial charge in [0.25, 0.3) is 0 Å². The molecule has 1 rings (SSSR count). The molecule has 0 aromatic rings. The van der Waals surface area contributed by atoms with Crippen LogP contribution in [0.4, 0.5) is 0 Å². The first-order valence-electron chi connectivity index (χ1n) is 3.21. The van der Waals surface area contributed by atoms with Gasteiger partial charge in [0.2, 0.25) is 0 Å². The second kappa shape index (κ2) is 3.74. The van der Waals surface area contributed by atoms with Crippen LogP contribution in [0.3, 0.4) is 0 Å². The van der Waals surface area contributed by atoms with E-state index in [2.05, 4.69) is 4.99 Å². The van der Waals surface area contributed by atoms with Crippen LogP contribution in [0.15, 0.2) is 16.2 Å². The number of allylic oxidation sites excluding steroid dienone is 1. The van der Waals surface area contributed by atoms with Crippen LogP contribution in [0.25, 0.3) is 0 Å². The van der Waals surface area contributed by atoms with E-state index in [1.165, 1.54) is 0 Å². The van der Waals surface area contributed by atoms with Crippen molar-refractivity contribution < 1.29 is 4.74 Å². The Kier molecular flexibility index (Phi) is 2.90. The predicted molar refractivity (Wildman–Crippen MR) is 42.4 cm³/mol. The van der Waals surface area contributed by atoms with Gasteiger partial charge in [-0.25, -0.2) is 4.99 Å². The number of hydrogen-bond donors (Lipinski definition) is 0. The van der Waals surface area contributed by atoms with Crippen LogP contribution in [0, 0.1) is 5.92 Å². The van der Waals surface area contributed by atoms with Crippen molar-refractivity contribution in [3.8, 4) is 0 Å². The zero-order valence-electron chi connectivity index (χ0n) is 5.88. The van der Waals surface area contributed by atoms with Gasteiger partial charge in [-0.1, -0.05) is 11.6 Å². The fourth-order valence-corrected chi connectivity index (χ4v) is 1.01. The van der Waals surface area contributed by atoms with Crippen LogP contribution >= 0.6 is 11.6 Å². The Bertz CT molecular complexity index is 165. The molecular formula is C7H10ClNO. The first-order valence-corrected chi connectivity index (χ1v) is 3.59. The molecule has 2 nitrogen and oxygen atoms in total. The van der Waals surface area contributed by atoms with E-state index in [0.717, 1.165) is 13.0 Å². The molecule has 0 spiro atoms. The van der Waals surface area contributed by atoms with E-state index >= 15 is 0 Å². The molecular weight excluding hydrogens is 150 g/mol. The second-order valence-corrected chi connectivity index (χ2v) is 2.64. The van der Waals surface area contributed by atoms with Crippen LogP contribution in [-0.4, -0.2) is 19.9 Å². The summed E-state index contributed by atoms with van der Waals surface area (Å²) < 4.78 is 4.95. The van der Waals surface area contributed by atoms with Crippen LogP contribution in [0.1, 0.15) is 6.42 Å². The third-order valence-electron chi connectivity index (χ3n) is 1.38. The Balaban J connectivity index is 2.37. The number of hydrogen-bond acceptors (Lipinski definition) is 2. The van der Waals surface area contributed by atoms with Gasteiger partial charge in [0, 0.05) is 19.2 Å². The van der Waals surface area contributed by atoms with Crippen molar-refractivity contribution >= 4 is 17.8 Å². The minimum absolute atomic E-state index is 0.410. The van der Waals surface area contributed by atoms with Crippen molar-refractivity contribution in [2.75, 3.05) is 13.7 Å². The summed E-state index contributed by atoms with van der Waals surface area (Å²) in [5, 5.41) is 0.590. The van der Waals surface area contributed by atoms with Crippen molar-refractivity contribution in [1.82, 2.24) is 0 Å². The number of halogens is 1. The number of methoxy groups -OCH3 is 1. The highest BCUT2D eigenvalue weighted by Gasteiger charge is 2.07. The van der Waals surface area contributed by atoms with Crippen molar-refractivity contribution in [3.05, 3.63) is 11.2 Å². The van der Waals surface area contributed by atoms with E-state index < -0.39 is 0 Å². The molecule has 3 heteroatoms. The molecule has 1 atom stereocenters. The lowest BCUT2D eigenvalue weighted by Gasteiger charge is -2.10. The number of ether oxygens (including phenoxy) is 1. The van der Waals surface area contributed by atoms with Gasteiger partial charge in [-0.3, -0.25) is 0 Å². The monoisotopic (exact) mass is 159 g/mol. The molecule has 0 fully saturated rings. The topological polar surface area (TPSA) is 21.6 Å². The predicted octanol–water partition coefficient (Wildman–Crippen LogP) is 1.80. The summed E-state index contributed by atoms with van der Waals surface area (Å²) in [4.78, 5) is 3.95. The normalized spacial score (nSPS) is 24.6. The molecule has 0 aliphatic carbocycles. The lowest BCUT2D eigenvalue weighted by molar-refractivity contribution is 0.178. The van der Waals surface area contributed by atoms with Gasteiger partial charge in [0.05, 0.1) is 6.61 Å². The number of rotatable bonds is 2. The Labute approximate surface area is 65.5 Å². The zero-order chi connectivity index (χ0) is 7.40. The largest absolute Gasteiger partial charge is 0.384 e. The minimum Gasteiger partial charge on any atom is -0.384 e. The van der Waals surface area contributed by atoms with Crippen molar-refractivity contribution in [1.29, 1.82) is 0 Å². The summed E-state index contributed by atoms with van der Waals surface area (Å²) in [6.07, 6.45) is 4.69. The number of aliphatic imine (C=N–C) groups is 1. The van der Waals surface area contributed by atoms with Gasteiger partial charge in [0.15, 0.2) is 0 Å². The highest BCUT2D eigenvalue weighted by molar-refractivity contribution is 6.29. The zero-order valence-corrected chi connectivity index (χ0v) is 6.64. The van der Waals surface area contributed by atoms with Gasteiger partial charge in [-0.05, 0) is 12.5 Å². The maximum absolute atomic E-state index is 5.60. The van der Waals surface area contributed by atoms with Gasteiger partial charge in [-0.15, -0.1) is 0 Å². The smallest absolute Gasteiger partial charge is 0.124 e. The first-order chi connectivity index (χ1) is 4.83. The van der Waals surface area contributed by atoms with E-state index in [0.29, 0.717) is 11.1 Å². The Morgan fingerprint density at radius 2 is 2.70 bits per heavy atom. The number of nitrogens with zero attached hydrogens (tertiary/aromatic N) is 1. The van der Waals surface area contributed by atoms with Gasteiger partial charge in [0.1, 0.15) is 5.16 Å². The summed E-state index contributed by atoms with van der Waals surface area (Å²) in [5.74, 6) is 0.410. The van der Waals surface area contributed by atoms with E-state index in [-0.39, 0.29) is 0 Å². The molecule has 10 heavy (non-hydrogen) atoms. The van der Waals surface area contributed by atoms with Crippen molar-refractivity contribution in [3.63, 3.8) is 0 Å². The lowest BCUT2D eigenvalue weighted by Crippen LogP contribution is -2.10. The van der Waals surface area contributed by atoms with Crippen LogP contribution in [0.5, 0.6) is 0 Å². The Hall–Kier alpha value is -0.340. The summed E-state index contributed by atoms with van der Waals surface area (Å²) in [6, 6.07) is 0. The summed E-state index contributed by atoms with van der Waals surface area (Å²) in [5.41, 5.74) is 0. The third kappa shape index (κ3) is 2.12. The molecule has 1 unspecified atom stereocenters. The summed E-state index contributed by atoms with van der Waals surface area (Å²) >= 11 is 5.60. The molecule has 1 heterocycles. The fourth-order valence-electron chi connectivity index (χ4n) is 0.864. The first kappa shape index (κ1) is 7.76. The standard InChI is InChI=1S/C7H10ClNO/c1-10-5-6-2-3-7(8)9-4-6/h3-4,6H,2,5H2,1H3. The quantitative estimate of drug-likeness (QED) is 0.563. The average molecular weight is 160 g/mol. The van der Waals surface area contributed by atoms with Crippen molar-refractivity contribution in [2.24, 2.45) is 10.9 Å². The van der Waals surface area contributed by atoms with Crippen LogP contribution in [0.2, 0.25) is 0 Å². The molecule has 0 saturated carbocycles. The second-order valence-electron chi connectivity index (χ2n) is 2.26. The molecule has 56 valence electrons. The molecule has 0 bridgehead atoms. The molecule has 0 radical (unpaired) electrons. The third-order valence-corrected chi connectivity index (χ3v) is 1.63. The summed E-state index contributed by atoms with van der Waals surface area (Å²) in [7, 11) is 1.69. The van der Waals surface area contributed by atoms with Crippen molar-refractivity contribution in [2.45, 2.75) is 6.42 Å². The van der Waals surface area contributed by atoms with Gasteiger partial charge < -0.3 is 4.74 Å². The molecule has 1 aliphatic rings. The molecule has 0 amide bonds. The Morgan fingerprint density at radius 1 is 1.90 bits per heavy atom. The molecule has 0 aromatic carbocycles. The molecule has 1 aliphatic heterocycles. The highest BCUT2D eigenvalue weighted by Crippen LogP contribution is 2.14. The lowest BCUT2D eigenvalue weighted by atomic mass is 10.1.